The molecule has 0 aliphatic carbocycles. The number of carboxylic acid groups (broad SMARTS) is 1. The third-order valence-electron chi connectivity index (χ3n) is 8.70. The fraction of sp³-hybridized carbons (Fsp3) is 0.406. The lowest BCUT2D eigenvalue weighted by Crippen LogP contribution is -2.39. The minimum atomic E-state index is -4.08. The van der Waals surface area contributed by atoms with Crippen LogP contribution in [-0.2, 0) is 28.2 Å². The van der Waals surface area contributed by atoms with Crippen molar-refractivity contribution in [1.29, 1.82) is 0 Å². The number of fused-ring (bicyclic) bond motifs is 7. The maximum Gasteiger partial charge on any atom is 0.386 e. The van der Waals surface area contributed by atoms with Crippen LogP contribution in [0.25, 0.3) is 11.0 Å². The van der Waals surface area contributed by atoms with Crippen molar-refractivity contribution in [3.8, 4) is 11.5 Å². The number of hydrogen-bond donors (Lipinski definition) is 1. The Balaban J connectivity index is 1.46. The minimum Gasteiger partial charge on any atom is -0.494 e. The SMILES string of the molecule is Cc1ccc2cc1C(C)N1Cc3cc(ccc3OS1(=O)=O)OCCCCCCn1nnc3c(C)c(ccc31)C2CC(=O)O. The van der Waals surface area contributed by atoms with Gasteiger partial charge in [-0.1, -0.05) is 35.9 Å². The van der Waals surface area contributed by atoms with Crippen LogP contribution in [0.4, 0.5) is 0 Å². The van der Waals surface area contributed by atoms with Crippen LogP contribution in [0.3, 0.4) is 0 Å². The molecule has 10 nitrogen and oxygen atoms in total. The molecule has 226 valence electrons. The number of rotatable bonds is 2. The summed E-state index contributed by atoms with van der Waals surface area (Å²) in [4.78, 5) is 12.1. The highest BCUT2D eigenvalue weighted by atomic mass is 32.2. The Morgan fingerprint density at radius 1 is 1.02 bits per heavy atom. The standard InChI is InChI=1S/C32H36N4O6S/c1-20-8-9-23-17-27(20)22(3)36-19-24-16-25(10-13-30(24)42-43(36,39)40)41-15-7-5-4-6-14-35-29-12-11-26(28(23)18-31(37)38)21(2)32(29)33-34-35/h8-13,16-17,22,28H,4-7,14-15,18-19H2,1-3H3,(H,37,38). The maximum atomic E-state index is 13.3. The molecule has 0 saturated heterocycles. The Hall–Kier alpha value is -3.96. The minimum absolute atomic E-state index is 0.126. The summed E-state index contributed by atoms with van der Waals surface area (Å²) in [6, 6.07) is 14.4. The molecule has 43 heavy (non-hydrogen) atoms. The highest BCUT2D eigenvalue weighted by Crippen LogP contribution is 2.40. The Labute approximate surface area is 251 Å². The van der Waals surface area contributed by atoms with Crippen LogP contribution in [0.5, 0.6) is 11.5 Å². The molecule has 3 aliphatic heterocycles. The van der Waals surface area contributed by atoms with E-state index in [1.807, 2.05) is 61.9 Å². The summed E-state index contributed by atoms with van der Waals surface area (Å²) in [5.41, 5.74) is 6.64. The van der Waals surface area contributed by atoms with Gasteiger partial charge in [0.25, 0.3) is 0 Å². The van der Waals surface area contributed by atoms with Crippen molar-refractivity contribution < 1.29 is 27.2 Å². The fourth-order valence-corrected chi connectivity index (χ4v) is 7.57. The first-order valence-corrected chi connectivity index (χ1v) is 16.1. The third-order valence-corrected chi connectivity index (χ3v) is 10.1. The molecule has 4 aromatic rings. The molecule has 1 N–H and O–H groups in total. The molecule has 9 bridgehead atoms. The predicted molar refractivity (Wildman–Crippen MR) is 161 cm³/mol. The highest BCUT2D eigenvalue weighted by Gasteiger charge is 2.37. The van der Waals surface area contributed by atoms with E-state index in [9.17, 15) is 18.3 Å². The number of aromatic nitrogens is 3. The van der Waals surface area contributed by atoms with Crippen LogP contribution in [-0.4, -0.2) is 45.4 Å². The molecular formula is C32H36N4O6S. The number of nitrogens with zero attached hydrogens (tertiary/aromatic N) is 4. The van der Waals surface area contributed by atoms with Crippen molar-refractivity contribution in [3.05, 3.63) is 81.9 Å². The summed E-state index contributed by atoms with van der Waals surface area (Å²) in [6.07, 6.45) is 3.74. The lowest BCUT2D eigenvalue weighted by Gasteiger charge is -2.33. The van der Waals surface area contributed by atoms with Gasteiger partial charge in [0.15, 0.2) is 0 Å². The second kappa shape index (κ2) is 11.6. The Morgan fingerprint density at radius 2 is 1.84 bits per heavy atom. The van der Waals surface area contributed by atoms with E-state index in [1.54, 1.807) is 12.1 Å². The number of aryl methyl sites for hydroxylation is 3. The molecule has 11 heteroatoms. The summed E-state index contributed by atoms with van der Waals surface area (Å²) in [5, 5.41) is 18.8. The van der Waals surface area contributed by atoms with Crippen LogP contribution < -0.4 is 8.92 Å². The van der Waals surface area contributed by atoms with E-state index in [4.69, 9.17) is 8.92 Å². The molecule has 0 fully saturated rings. The van der Waals surface area contributed by atoms with Crippen molar-refractivity contribution >= 4 is 27.3 Å². The smallest absolute Gasteiger partial charge is 0.386 e. The molecule has 0 saturated carbocycles. The topological polar surface area (TPSA) is 124 Å². The highest BCUT2D eigenvalue weighted by molar-refractivity contribution is 7.84. The molecule has 0 amide bonds. The molecule has 3 atom stereocenters. The van der Waals surface area contributed by atoms with Crippen LogP contribution in [0.1, 0.15) is 84.4 Å². The van der Waals surface area contributed by atoms with E-state index in [0.717, 1.165) is 76.6 Å². The van der Waals surface area contributed by atoms with Crippen LogP contribution in [0, 0.1) is 13.8 Å². The summed E-state index contributed by atoms with van der Waals surface area (Å²) in [5.74, 6) is -0.412. The van der Waals surface area contributed by atoms with E-state index in [1.165, 1.54) is 4.31 Å². The number of benzene rings is 3. The Kier molecular flexibility index (Phi) is 7.87. The summed E-state index contributed by atoms with van der Waals surface area (Å²) >= 11 is 0. The van der Waals surface area contributed by atoms with E-state index >= 15 is 0 Å². The summed E-state index contributed by atoms with van der Waals surface area (Å²) in [6.45, 7) is 7.17. The Bertz CT molecular complexity index is 1800. The first-order valence-electron chi connectivity index (χ1n) is 14.7. The second-order valence-corrected chi connectivity index (χ2v) is 13.0. The molecule has 3 aliphatic rings. The van der Waals surface area contributed by atoms with Gasteiger partial charge in [-0.15, -0.1) is 5.10 Å². The van der Waals surface area contributed by atoms with E-state index < -0.39 is 28.2 Å². The number of aliphatic carboxylic acids is 1. The number of carbonyl (C=O) groups is 1. The normalized spacial score (nSPS) is 22.0. The predicted octanol–water partition coefficient (Wildman–Crippen LogP) is 5.81. The van der Waals surface area contributed by atoms with Gasteiger partial charge in [-0.25, -0.2) is 4.68 Å². The summed E-state index contributed by atoms with van der Waals surface area (Å²) < 4.78 is 41.5. The lowest BCUT2D eigenvalue weighted by molar-refractivity contribution is -0.137. The van der Waals surface area contributed by atoms with Gasteiger partial charge in [0.05, 0.1) is 24.6 Å². The van der Waals surface area contributed by atoms with Gasteiger partial charge in [-0.3, -0.25) is 4.79 Å². The largest absolute Gasteiger partial charge is 0.494 e. The zero-order valence-corrected chi connectivity index (χ0v) is 25.4. The van der Waals surface area contributed by atoms with Gasteiger partial charge in [-0.2, -0.15) is 12.7 Å². The molecule has 0 spiro atoms. The third kappa shape index (κ3) is 5.71. The van der Waals surface area contributed by atoms with Gasteiger partial charge in [0.1, 0.15) is 17.0 Å². The van der Waals surface area contributed by atoms with Crippen molar-refractivity contribution in [2.75, 3.05) is 6.61 Å². The Morgan fingerprint density at radius 3 is 2.65 bits per heavy atom. The molecule has 1 aromatic heterocycles. The number of ether oxygens (including phenoxy) is 1. The van der Waals surface area contributed by atoms with Gasteiger partial charge < -0.3 is 14.0 Å². The second-order valence-electron chi connectivity index (χ2n) is 11.5. The average molecular weight is 605 g/mol. The van der Waals surface area contributed by atoms with Gasteiger partial charge in [0.2, 0.25) is 0 Å². The number of carboxylic acids is 1. The fourth-order valence-electron chi connectivity index (χ4n) is 6.28. The molecule has 3 aromatic carbocycles. The van der Waals surface area contributed by atoms with Gasteiger partial charge in [-0.05, 0) is 92.1 Å². The molecular weight excluding hydrogens is 568 g/mol. The maximum absolute atomic E-state index is 13.3. The van der Waals surface area contributed by atoms with Crippen LogP contribution in [0.2, 0.25) is 0 Å². The van der Waals surface area contributed by atoms with Crippen LogP contribution in [0.15, 0.2) is 48.5 Å². The zero-order chi connectivity index (χ0) is 30.3. The van der Waals surface area contributed by atoms with E-state index in [-0.39, 0.29) is 13.0 Å². The lowest BCUT2D eigenvalue weighted by atomic mass is 9.83. The van der Waals surface area contributed by atoms with Crippen LogP contribution >= 0.6 is 0 Å². The van der Waals surface area contributed by atoms with Crippen molar-refractivity contribution in [3.63, 3.8) is 0 Å². The first kappa shape index (κ1) is 29.1. The van der Waals surface area contributed by atoms with Crippen molar-refractivity contribution in [2.45, 2.75) is 77.9 Å². The van der Waals surface area contributed by atoms with Crippen molar-refractivity contribution in [2.24, 2.45) is 0 Å². The zero-order valence-electron chi connectivity index (χ0n) is 24.6. The molecule has 7 rings (SSSR count). The van der Waals surface area contributed by atoms with Gasteiger partial charge in [0, 0.05) is 24.6 Å². The summed E-state index contributed by atoms with van der Waals surface area (Å²) in [7, 11) is -4.08. The van der Waals surface area contributed by atoms with E-state index in [2.05, 4.69) is 10.3 Å². The average Bonchev–Trinajstić information content (AvgIpc) is 3.38. The molecule has 4 heterocycles. The first-order chi connectivity index (χ1) is 20.6. The van der Waals surface area contributed by atoms with E-state index in [0.29, 0.717) is 18.1 Å². The number of hydrogen-bond acceptors (Lipinski definition) is 7. The molecule has 0 radical (unpaired) electrons. The monoisotopic (exact) mass is 604 g/mol. The van der Waals surface area contributed by atoms with Crippen molar-refractivity contribution in [1.82, 2.24) is 19.3 Å². The molecule has 3 unspecified atom stereocenters. The quantitative estimate of drug-likeness (QED) is 0.304. The van der Waals surface area contributed by atoms with Gasteiger partial charge >= 0.3 is 16.3 Å².